The number of nitrogens with zero attached hydrogens (tertiary/aromatic N) is 3. The van der Waals surface area contributed by atoms with Gasteiger partial charge in [0.2, 0.25) is 5.91 Å². The highest BCUT2D eigenvalue weighted by atomic mass is 19.3. The molecule has 2 N–H and O–H groups in total. The van der Waals surface area contributed by atoms with Crippen LogP contribution in [0.1, 0.15) is 56.2 Å². The van der Waals surface area contributed by atoms with Crippen molar-refractivity contribution in [2.75, 3.05) is 31.6 Å². The van der Waals surface area contributed by atoms with Crippen LogP contribution in [0, 0.1) is 0 Å². The van der Waals surface area contributed by atoms with Crippen molar-refractivity contribution in [2.45, 2.75) is 56.1 Å². The van der Waals surface area contributed by atoms with E-state index in [0.29, 0.717) is 74.6 Å². The maximum atomic E-state index is 13.3. The van der Waals surface area contributed by atoms with Crippen LogP contribution in [0.2, 0.25) is 0 Å². The number of likely N-dealkylation sites (tertiary alicyclic amines) is 1. The number of hydrogen-bond donors (Lipinski definition) is 2. The van der Waals surface area contributed by atoms with Gasteiger partial charge in [-0.1, -0.05) is 6.07 Å². The highest BCUT2D eigenvalue weighted by Gasteiger charge is 2.48. The summed E-state index contributed by atoms with van der Waals surface area (Å²) in [5, 5.41) is 13.8. The Labute approximate surface area is 218 Å². The van der Waals surface area contributed by atoms with Gasteiger partial charge in [-0.15, -0.1) is 0 Å². The highest BCUT2D eigenvalue weighted by Crippen LogP contribution is 2.46. The van der Waals surface area contributed by atoms with Crippen LogP contribution in [0.25, 0.3) is 11.0 Å². The fourth-order valence-corrected chi connectivity index (χ4v) is 6.21. The third-order valence-corrected chi connectivity index (χ3v) is 8.34. The molecule has 1 saturated carbocycles. The number of aromatic nitrogens is 2. The first-order chi connectivity index (χ1) is 18.1. The van der Waals surface area contributed by atoms with Crippen molar-refractivity contribution in [3.63, 3.8) is 0 Å². The number of halogens is 2. The minimum absolute atomic E-state index is 0.0593. The number of pyridine rings is 2. The summed E-state index contributed by atoms with van der Waals surface area (Å²) in [4.78, 5) is 32.1. The minimum Gasteiger partial charge on any atom is -0.491 e. The second-order valence-electron chi connectivity index (χ2n) is 11.0. The van der Waals surface area contributed by atoms with E-state index < -0.39 is 17.4 Å². The molecule has 1 aromatic carbocycles. The number of anilines is 1. The third kappa shape index (κ3) is 4.25. The number of ether oxygens (including phenoxy) is 1. The summed E-state index contributed by atoms with van der Waals surface area (Å²) in [5.41, 5.74) is 0.196. The molecule has 200 valence electrons. The van der Waals surface area contributed by atoms with Gasteiger partial charge in [-0.25, -0.2) is 13.8 Å². The van der Waals surface area contributed by atoms with Crippen molar-refractivity contribution < 1.29 is 23.4 Å². The largest absolute Gasteiger partial charge is 0.491 e. The molecule has 6 rings (SSSR count). The van der Waals surface area contributed by atoms with Crippen LogP contribution in [0.15, 0.2) is 47.4 Å². The fourth-order valence-electron chi connectivity index (χ4n) is 6.21. The van der Waals surface area contributed by atoms with Gasteiger partial charge in [0, 0.05) is 35.3 Å². The Kier molecular flexibility index (Phi) is 5.99. The molecular weight excluding hydrogens is 494 g/mol. The summed E-state index contributed by atoms with van der Waals surface area (Å²) in [5.74, 6) is 0.487. The van der Waals surface area contributed by atoms with E-state index in [9.17, 15) is 23.5 Å². The monoisotopic (exact) mass is 524 g/mol. The Hall–Kier alpha value is -3.37. The molecule has 3 aliphatic rings. The SMILES string of the molecule is CC1(O)CC(n2c(=O)ccc3cc(OCCN4CCC5(CC4)C(=O)Nc4ccc(C(F)F)cc45)cnc32)C1. The fraction of sp³-hybridized carbons (Fsp3) is 0.464. The first-order valence-corrected chi connectivity index (χ1v) is 13.0. The summed E-state index contributed by atoms with van der Waals surface area (Å²) in [7, 11) is 0. The molecule has 2 aliphatic heterocycles. The lowest BCUT2D eigenvalue weighted by Gasteiger charge is -2.41. The molecule has 0 bridgehead atoms. The average molecular weight is 525 g/mol. The molecule has 2 aromatic heterocycles. The van der Waals surface area contributed by atoms with Crippen molar-refractivity contribution in [3.05, 3.63) is 64.1 Å². The van der Waals surface area contributed by atoms with Gasteiger partial charge in [-0.2, -0.15) is 0 Å². The van der Waals surface area contributed by atoms with E-state index in [1.54, 1.807) is 29.8 Å². The maximum absolute atomic E-state index is 13.3. The molecule has 1 saturated heterocycles. The summed E-state index contributed by atoms with van der Waals surface area (Å²) < 4.78 is 34.2. The molecule has 1 spiro atoms. The van der Waals surface area contributed by atoms with E-state index in [-0.39, 0.29) is 23.1 Å². The third-order valence-electron chi connectivity index (χ3n) is 8.34. The zero-order chi connectivity index (χ0) is 26.7. The standard InChI is InChI=1S/C28H30F2N4O4/c1-27(37)14-19(15-27)34-23(35)5-3-18-12-20(16-31-25(18)34)38-11-10-33-8-6-28(7-9-33)21-13-17(24(29)30)2-4-22(21)32-26(28)36/h2-5,12-13,16,19,24,37H,6-11,14-15H2,1H3,(H,32,36). The predicted molar refractivity (Wildman–Crippen MR) is 138 cm³/mol. The van der Waals surface area contributed by atoms with Gasteiger partial charge in [0.05, 0.1) is 17.2 Å². The number of carbonyl (C=O) groups excluding carboxylic acids is 1. The lowest BCUT2D eigenvalue weighted by Crippen LogP contribution is -2.47. The Balaban J connectivity index is 1.08. The van der Waals surface area contributed by atoms with Crippen LogP contribution in [0.5, 0.6) is 5.75 Å². The second kappa shape index (κ2) is 9.13. The number of benzene rings is 1. The number of hydrogen-bond acceptors (Lipinski definition) is 6. The first kappa shape index (κ1) is 24.9. The number of alkyl halides is 2. The van der Waals surface area contributed by atoms with Crippen molar-refractivity contribution in [2.24, 2.45) is 0 Å². The number of amides is 1. The Morgan fingerprint density at radius 2 is 1.92 bits per heavy atom. The molecule has 38 heavy (non-hydrogen) atoms. The summed E-state index contributed by atoms with van der Waals surface area (Å²) in [6, 6.07) is 9.48. The normalized spacial score (nSPS) is 24.4. The number of aliphatic hydroxyl groups is 1. The Morgan fingerprint density at radius 1 is 1.16 bits per heavy atom. The molecule has 4 heterocycles. The lowest BCUT2D eigenvalue weighted by molar-refractivity contribution is -0.122. The number of nitrogens with one attached hydrogen (secondary N) is 1. The molecule has 10 heteroatoms. The van der Waals surface area contributed by atoms with E-state index >= 15 is 0 Å². The van der Waals surface area contributed by atoms with Gasteiger partial charge in [-0.05, 0) is 75.5 Å². The van der Waals surface area contributed by atoms with Gasteiger partial charge >= 0.3 is 0 Å². The lowest BCUT2D eigenvalue weighted by atomic mass is 9.73. The van der Waals surface area contributed by atoms with Crippen molar-refractivity contribution >= 4 is 22.6 Å². The van der Waals surface area contributed by atoms with E-state index in [0.717, 1.165) is 5.39 Å². The van der Waals surface area contributed by atoms with Gasteiger partial charge < -0.3 is 15.2 Å². The van der Waals surface area contributed by atoms with E-state index in [1.807, 2.05) is 6.07 Å². The number of rotatable bonds is 6. The molecule has 1 aliphatic carbocycles. The van der Waals surface area contributed by atoms with Crippen LogP contribution < -0.4 is 15.6 Å². The number of fused-ring (bicyclic) bond motifs is 3. The van der Waals surface area contributed by atoms with Crippen LogP contribution in [-0.4, -0.2) is 57.3 Å². The summed E-state index contributed by atoms with van der Waals surface area (Å²) in [6.07, 6.45) is 1.19. The van der Waals surface area contributed by atoms with E-state index in [4.69, 9.17) is 4.74 Å². The topological polar surface area (TPSA) is 96.7 Å². The molecule has 0 atom stereocenters. The van der Waals surface area contributed by atoms with Gasteiger partial charge in [-0.3, -0.25) is 19.1 Å². The highest BCUT2D eigenvalue weighted by molar-refractivity contribution is 6.06. The van der Waals surface area contributed by atoms with Crippen LogP contribution in [0.4, 0.5) is 14.5 Å². The Morgan fingerprint density at radius 3 is 2.63 bits per heavy atom. The van der Waals surface area contributed by atoms with E-state index in [2.05, 4.69) is 15.2 Å². The molecule has 1 amide bonds. The predicted octanol–water partition coefficient (Wildman–Crippen LogP) is 3.78. The summed E-state index contributed by atoms with van der Waals surface area (Å²) >= 11 is 0. The van der Waals surface area contributed by atoms with Gasteiger partial charge in [0.15, 0.2) is 0 Å². The van der Waals surface area contributed by atoms with Crippen LogP contribution in [-0.2, 0) is 10.2 Å². The van der Waals surface area contributed by atoms with Crippen molar-refractivity contribution in [1.82, 2.24) is 14.5 Å². The summed E-state index contributed by atoms with van der Waals surface area (Å²) in [6.45, 7) is 4.15. The minimum atomic E-state index is -2.57. The molecule has 2 fully saturated rings. The number of carbonyl (C=O) groups is 1. The number of piperidine rings is 1. The molecular formula is C28H30F2N4O4. The second-order valence-corrected chi connectivity index (χ2v) is 11.0. The van der Waals surface area contributed by atoms with Gasteiger partial charge in [0.1, 0.15) is 18.0 Å². The van der Waals surface area contributed by atoms with E-state index in [1.165, 1.54) is 18.2 Å². The molecule has 0 unspecified atom stereocenters. The smallest absolute Gasteiger partial charge is 0.263 e. The zero-order valence-corrected chi connectivity index (χ0v) is 21.1. The first-order valence-electron chi connectivity index (χ1n) is 13.0. The molecule has 0 radical (unpaired) electrons. The Bertz CT molecular complexity index is 1450. The average Bonchev–Trinajstić information content (AvgIpc) is 3.14. The molecule has 8 nitrogen and oxygen atoms in total. The quantitative estimate of drug-likeness (QED) is 0.510. The zero-order valence-electron chi connectivity index (χ0n) is 21.1. The van der Waals surface area contributed by atoms with Crippen LogP contribution in [0.3, 0.4) is 0 Å². The van der Waals surface area contributed by atoms with Crippen molar-refractivity contribution in [1.29, 1.82) is 0 Å². The van der Waals surface area contributed by atoms with Crippen LogP contribution >= 0.6 is 0 Å². The maximum Gasteiger partial charge on any atom is 0.263 e. The van der Waals surface area contributed by atoms with Gasteiger partial charge in [0.25, 0.3) is 12.0 Å². The van der Waals surface area contributed by atoms with Crippen molar-refractivity contribution in [3.8, 4) is 5.75 Å². The molecule has 3 aromatic rings.